The van der Waals surface area contributed by atoms with Crippen molar-refractivity contribution in [1.29, 1.82) is 0 Å². The zero-order valence-corrected chi connectivity index (χ0v) is 20.3. The topological polar surface area (TPSA) is 70.5 Å². The highest BCUT2D eigenvalue weighted by Gasteiger charge is 2.30. The van der Waals surface area contributed by atoms with E-state index in [1.807, 2.05) is 43.5 Å². The van der Waals surface area contributed by atoms with Crippen molar-refractivity contribution in [3.63, 3.8) is 0 Å². The van der Waals surface area contributed by atoms with Gasteiger partial charge in [-0.1, -0.05) is 18.2 Å². The molecule has 3 aromatic rings. The smallest absolute Gasteiger partial charge is 0.246 e. The molecule has 2 fully saturated rings. The van der Waals surface area contributed by atoms with Crippen LogP contribution in [0.3, 0.4) is 0 Å². The second kappa shape index (κ2) is 10.5. The Balaban J connectivity index is 1.28. The van der Waals surface area contributed by atoms with E-state index in [-0.39, 0.29) is 23.7 Å². The van der Waals surface area contributed by atoms with Gasteiger partial charge in [-0.3, -0.25) is 14.5 Å². The predicted molar refractivity (Wildman–Crippen MR) is 137 cm³/mol. The first-order chi connectivity index (χ1) is 17.5. The van der Waals surface area contributed by atoms with Gasteiger partial charge in [0.25, 0.3) is 0 Å². The Kier molecular flexibility index (Phi) is 6.95. The van der Waals surface area contributed by atoms with Crippen LogP contribution in [0.2, 0.25) is 0 Å². The Hall–Kier alpha value is -3.78. The van der Waals surface area contributed by atoms with Crippen LogP contribution < -0.4 is 5.32 Å². The summed E-state index contributed by atoms with van der Waals surface area (Å²) in [5, 5.41) is 7.77. The van der Waals surface area contributed by atoms with E-state index in [9.17, 15) is 14.0 Å². The van der Waals surface area contributed by atoms with Gasteiger partial charge in [0, 0.05) is 55.6 Å². The van der Waals surface area contributed by atoms with E-state index in [0.29, 0.717) is 37.9 Å². The van der Waals surface area contributed by atoms with E-state index in [1.54, 1.807) is 33.9 Å². The summed E-state index contributed by atoms with van der Waals surface area (Å²) in [7, 11) is 0. The van der Waals surface area contributed by atoms with E-state index in [1.165, 1.54) is 12.1 Å². The van der Waals surface area contributed by atoms with Crippen LogP contribution in [0.1, 0.15) is 25.3 Å². The number of hydrogen-bond acceptors (Lipinski definition) is 4. The fourth-order valence-electron chi connectivity index (χ4n) is 4.37. The van der Waals surface area contributed by atoms with Gasteiger partial charge in [-0.25, -0.2) is 9.07 Å². The molecule has 2 aromatic carbocycles. The van der Waals surface area contributed by atoms with Gasteiger partial charge in [0.2, 0.25) is 11.8 Å². The Morgan fingerprint density at radius 1 is 1.03 bits per heavy atom. The minimum absolute atomic E-state index is 0.0703. The van der Waals surface area contributed by atoms with Gasteiger partial charge in [0.15, 0.2) is 0 Å². The number of carbonyl (C=O) groups is 2. The van der Waals surface area contributed by atoms with E-state index in [0.717, 1.165) is 29.7 Å². The molecule has 0 radical (unpaired) electrons. The first kappa shape index (κ1) is 23.9. The standard InChI is InChI=1S/C28H30FN5O2/c1-20(28(36)30-24-12-13-24)32-15-17-33(18-16-32)26(35)14-9-22-19-34(25-5-3-2-4-6-25)31-27(22)21-7-10-23(29)11-8-21/h2-11,14,19-20,24H,12-13,15-18H2,1H3,(H,30,36)/b14-9+. The molecule has 0 spiro atoms. The lowest BCUT2D eigenvalue weighted by Crippen LogP contribution is -2.55. The molecule has 1 aromatic heterocycles. The van der Waals surface area contributed by atoms with Crippen LogP contribution in [-0.4, -0.2) is 69.7 Å². The molecule has 186 valence electrons. The highest BCUT2D eigenvalue weighted by molar-refractivity contribution is 5.93. The van der Waals surface area contributed by atoms with E-state index >= 15 is 0 Å². The summed E-state index contributed by atoms with van der Waals surface area (Å²) in [6, 6.07) is 16.0. The van der Waals surface area contributed by atoms with Gasteiger partial charge in [-0.15, -0.1) is 0 Å². The van der Waals surface area contributed by atoms with Crippen LogP contribution in [0.25, 0.3) is 23.0 Å². The average Bonchev–Trinajstić information content (AvgIpc) is 3.63. The van der Waals surface area contributed by atoms with Crippen LogP contribution >= 0.6 is 0 Å². The summed E-state index contributed by atoms with van der Waals surface area (Å²) in [4.78, 5) is 29.3. The van der Waals surface area contributed by atoms with Gasteiger partial charge in [0.05, 0.1) is 17.4 Å². The number of rotatable bonds is 7. The molecule has 2 heterocycles. The summed E-state index contributed by atoms with van der Waals surface area (Å²) in [5.74, 6) is -0.324. The number of carbonyl (C=O) groups excluding carboxylic acids is 2. The average molecular weight is 488 g/mol. The molecule has 1 aliphatic heterocycles. The highest BCUT2D eigenvalue weighted by Crippen LogP contribution is 2.25. The van der Waals surface area contributed by atoms with Crippen LogP contribution in [-0.2, 0) is 9.59 Å². The first-order valence-corrected chi connectivity index (χ1v) is 12.4. The number of hydrogen-bond donors (Lipinski definition) is 1. The lowest BCUT2D eigenvalue weighted by atomic mass is 10.1. The SMILES string of the molecule is CC(C(=O)NC1CC1)N1CCN(C(=O)/C=C/c2cn(-c3ccccc3)nc2-c2ccc(F)cc2)CC1. The van der Waals surface area contributed by atoms with Gasteiger partial charge in [-0.2, -0.15) is 5.10 Å². The van der Waals surface area contributed by atoms with Crippen molar-refractivity contribution in [2.75, 3.05) is 26.2 Å². The number of para-hydroxylation sites is 1. The van der Waals surface area contributed by atoms with Crippen molar-refractivity contribution < 1.29 is 14.0 Å². The summed E-state index contributed by atoms with van der Waals surface area (Å²) >= 11 is 0. The Labute approximate surface area is 210 Å². The molecule has 1 unspecified atom stereocenters. The molecule has 36 heavy (non-hydrogen) atoms. The molecule has 1 N–H and O–H groups in total. The maximum absolute atomic E-state index is 13.5. The molecule has 1 aliphatic carbocycles. The van der Waals surface area contributed by atoms with Crippen LogP contribution in [0.15, 0.2) is 66.9 Å². The molecule has 1 saturated carbocycles. The van der Waals surface area contributed by atoms with Crippen molar-refractivity contribution in [2.45, 2.75) is 31.8 Å². The quantitative estimate of drug-likeness (QED) is 0.518. The molecule has 2 amide bonds. The molecule has 8 heteroatoms. The van der Waals surface area contributed by atoms with Gasteiger partial charge >= 0.3 is 0 Å². The van der Waals surface area contributed by atoms with Gasteiger partial charge in [0.1, 0.15) is 5.82 Å². The van der Waals surface area contributed by atoms with E-state index in [4.69, 9.17) is 5.10 Å². The fraction of sp³-hybridized carbons (Fsp3) is 0.321. The molecular formula is C28H30FN5O2. The lowest BCUT2D eigenvalue weighted by Gasteiger charge is -2.37. The maximum atomic E-state index is 13.5. The summed E-state index contributed by atoms with van der Waals surface area (Å²) < 4.78 is 15.3. The monoisotopic (exact) mass is 487 g/mol. The fourth-order valence-corrected chi connectivity index (χ4v) is 4.37. The third-order valence-corrected chi connectivity index (χ3v) is 6.76. The zero-order valence-electron chi connectivity index (χ0n) is 20.3. The number of amides is 2. The van der Waals surface area contributed by atoms with Gasteiger partial charge in [-0.05, 0) is 62.2 Å². The van der Waals surface area contributed by atoms with Crippen LogP contribution in [0, 0.1) is 5.82 Å². The van der Waals surface area contributed by atoms with Gasteiger partial charge < -0.3 is 10.2 Å². The summed E-state index contributed by atoms with van der Waals surface area (Å²) in [6.45, 7) is 4.38. The number of nitrogens with one attached hydrogen (secondary N) is 1. The normalized spacial score (nSPS) is 17.3. The van der Waals surface area contributed by atoms with Crippen LogP contribution in [0.4, 0.5) is 4.39 Å². The molecule has 1 saturated heterocycles. The molecular weight excluding hydrogens is 457 g/mol. The van der Waals surface area contributed by atoms with E-state index < -0.39 is 0 Å². The zero-order chi connectivity index (χ0) is 25.1. The summed E-state index contributed by atoms with van der Waals surface area (Å²) in [6.07, 6.45) is 7.35. The first-order valence-electron chi connectivity index (χ1n) is 12.4. The van der Waals surface area contributed by atoms with E-state index in [2.05, 4.69) is 10.2 Å². The molecule has 1 atom stereocenters. The highest BCUT2D eigenvalue weighted by atomic mass is 19.1. The predicted octanol–water partition coefficient (Wildman–Crippen LogP) is 3.50. The molecule has 0 bridgehead atoms. The molecule has 5 rings (SSSR count). The largest absolute Gasteiger partial charge is 0.352 e. The Morgan fingerprint density at radius 3 is 2.39 bits per heavy atom. The number of halogens is 1. The third-order valence-electron chi connectivity index (χ3n) is 6.76. The Bertz CT molecular complexity index is 1240. The van der Waals surface area contributed by atoms with Crippen molar-refractivity contribution in [3.05, 3.63) is 78.3 Å². The number of benzene rings is 2. The second-order valence-electron chi connectivity index (χ2n) is 9.37. The van der Waals surface area contributed by atoms with Crippen molar-refractivity contribution in [2.24, 2.45) is 0 Å². The summed E-state index contributed by atoms with van der Waals surface area (Å²) in [5.41, 5.74) is 3.10. The number of aromatic nitrogens is 2. The molecule has 7 nitrogen and oxygen atoms in total. The lowest BCUT2D eigenvalue weighted by molar-refractivity contribution is -0.130. The van der Waals surface area contributed by atoms with Crippen molar-refractivity contribution in [3.8, 4) is 16.9 Å². The maximum Gasteiger partial charge on any atom is 0.246 e. The second-order valence-corrected chi connectivity index (χ2v) is 9.37. The third kappa shape index (κ3) is 5.54. The number of nitrogens with zero attached hydrogens (tertiary/aromatic N) is 4. The Morgan fingerprint density at radius 2 is 1.72 bits per heavy atom. The van der Waals surface area contributed by atoms with Crippen molar-refractivity contribution >= 4 is 17.9 Å². The van der Waals surface area contributed by atoms with Crippen LogP contribution in [0.5, 0.6) is 0 Å². The van der Waals surface area contributed by atoms with Crippen molar-refractivity contribution in [1.82, 2.24) is 24.9 Å². The molecule has 2 aliphatic rings. The number of piperazine rings is 1. The minimum Gasteiger partial charge on any atom is -0.352 e. The minimum atomic E-state index is -0.313.